The molecular weight excluding hydrogens is 396 g/mol. The van der Waals surface area contributed by atoms with Crippen LogP contribution in [0.2, 0.25) is 0 Å². The molecule has 2 amide bonds. The van der Waals surface area contributed by atoms with Crippen LogP contribution in [0.15, 0.2) is 24.3 Å². The minimum atomic E-state index is -3.11. The number of anilines is 1. The van der Waals surface area contributed by atoms with Gasteiger partial charge in [0.05, 0.1) is 22.8 Å². The quantitative estimate of drug-likeness (QED) is 0.640. The van der Waals surface area contributed by atoms with Crippen LogP contribution < -0.4 is 4.90 Å². The third kappa shape index (κ3) is 4.29. The number of amides is 2. The number of benzene rings is 1. The van der Waals surface area contributed by atoms with Crippen LogP contribution in [-0.4, -0.2) is 67.8 Å². The van der Waals surface area contributed by atoms with Crippen molar-refractivity contribution >= 4 is 33.3 Å². The van der Waals surface area contributed by atoms with Gasteiger partial charge in [-0.05, 0) is 37.8 Å². The molecule has 1 aromatic carbocycles. The summed E-state index contributed by atoms with van der Waals surface area (Å²) < 4.78 is 28.9. The molecule has 0 N–H and O–H groups in total. The Morgan fingerprint density at radius 1 is 1.14 bits per heavy atom. The van der Waals surface area contributed by atoms with Crippen molar-refractivity contribution in [2.75, 3.05) is 29.6 Å². The molecule has 1 atom stereocenters. The van der Waals surface area contributed by atoms with E-state index in [1.54, 1.807) is 34.1 Å². The highest BCUT2D eigenvalue weighted by molar-refractivity contribution is 7.91. The molecule has 156 valence electrons. The van der Waals surface area contributed by atoms with Gasteiger partial charge < -0.3 is 14.5 Å². The van der Waals surface area contributed by atoms with Crippen molar-refractivity contribution in [1.82, 2.24) is 4.90 Å². The Hall–Kier alpha value is -2.42. The summed E-state index contributed by atoms with van der Waals surface area (Å²) in [5.74, 6) is -1.00. The smallest absolute Gasteiger partial charge is 0.340 e. The maximum Gasteiger partial charge on any atom is 0.340 e. The van der Waals surface area contributed by atoms with E-state index >= 15 is 0 Å². The lowest BCUT2D eigenvalue weighted by molar-refractivity contribution is -0.137. The molecule has 0 radical (unpaired) electrons. The van der Waals surface area contributed by atoms with Crippen molar-refractivity contribution < 1.29 is 27.5 Å². The van der Waals surface area contributed by atoms with Crippen molar-refractivity contribution in [3.63, 3.8) is 0 Å². The molecule has 2 heterocycles. The molecule has 3 fully saturated rings. The third-order valence-electron chi connectivity index (χ3n) is 5.64. The van der Waals surface area contributed by atoms with Crippen LogP contribution in [0.25, 0.3) is 0 Å². The lowest BCUT2D eigenvalue weighted by Gasteiger charge is -2.28. The van der Waals surface area contributed by atoms with Gasteiger partial charge in [-0.1, -0.05) is 12.1 Å². The normalized spacial score (nSPS) is 23.2. The van der Waals surface area contributed by atoms with Gasteiger partial charge in [0, 0.05) is 25.0 Å². The fourth-order valence-corrected chi connectivity index (χ4v) is 5.83. The second kappa shape index (κ2) is 7.78. The van der Waals surface area contributed by atoms with Crippen molar-refractivity contribution in [1.29, 1.82) is 0 Å². The second-order valence-electron chi connectivity index (χ2n) is 7.83. The van der Waals surface area contributed by atoms with Gasteiger partial charge in [0.2, 0.25) is 5.91 Å². The lowest BCUT2D eigenvalue weighted by atomic mass is 10.1. The molecule has 4 rings (SSSR count). The average Bonchev–Trinajstić information content (AvgIpc) is 3.33. The number of carbonyl (C=O) groups is 3. The van der Waals surface area contributed by atoms with Gasteiger partial charge >= 0.3 is 5.97 Å². The average molecular weight is 420 g/mol. The van der Waals surface area contributed by atoms with E-state index in [4.69, 9.17) is 4.74 Å². The summed E-state index contributed by atoms with van der Waals surface area (Å²) >= 11 is 0. The highest BCUT2D eigenvalue weighted by Gasteiger charge is 2.42. The van der Waals surface area contributed by atoms with Crippen LogP contribution in [0, 0.1) is 0 Å². The van der Waals surface area contributed by atoms with E-state index in [0.29, 0.717) is 25.1 Å². The summed E-state index contributed by atoms with van der Waals surface area (Å²) in [7, 11) is -3.11. The van der Waals surface area contributed by atoms with Crippen LogP contribution in [-0.2, 0) is 24.2 Å². The number of esters is 1. The standard InChI is InChI=1S/C20H24N2O6S/c23-18-6-3-10-21(18)17-5-2-1-4-16(17)20(25)28-12-19(24)22(14-7-8-14)15-9-11-29(26,27)13-15/h1-2,4-5,14-15H,3,6-13H2/t15-/m0/s1. The van der Waals surface area contributed by atoms with E-state index in [0.717, 1.165) is 19.3 Å². The number of hydrogen-bond acceptors (Lipinski definition) is 6. The molecule has 0 bridgehead atoms. The largest absolute Gasteiger partial charge is 0.452 e. The molecule has 1 saturated carbocycles. The molecule has 2 saturated heterocycles. The first-order valence-electron chi connectivity index (χ1n) is 9.94. The molecule has 0 spiro atoms. The molecule has 1 aromatic rings. The number of hydrogen-bond donors (Lipinski definition) is 0. The Labute approximate surface area is 169 Å². The maximum absolute atomic E-state index is 12.7. The van der Waals surface area contributed by atoms with Crippen LogP contribution in [0.4, 0.5) is 5.69 Å². The number of ether oxygens (including phenoxy) is 1. The number of carbonyl (C=O) groups excluding carboxylic acids is 3. The molecule has 9 heteroatoms. The Morgan fingerprint density at radius 2 is 1.90 bits per heavy atom. The first kappa shape index (κ1) is 19.9. The zero-order valence-corrected chi connectivity index (χ0v) is 16.9. The van der Waals surface area contributed by atoms with Gasteiger partial charge in [-0.25, -0.2) is 13.2 Å². The predicted octanol–water partition coefficient (Wildman–Crippen LogP) is 1.15. The fraction of sp³-hybridized carbons (Fsp3) is 0.550. The van der Waals surface area contributed by atoms with Crippen molar-refractivity contribution in [3.8, 4) is 0 Å². The molecule has 8 nitrogen and oxygen atoms in total. The number of sulfone groups is 1. The maximum atomic E-state index is 12.7. The van der Waals surface area contributed by atoms with E-state index in [1.165, 1.54) is 0 Å². The Kier molecular flexibility index (Phi) is 5.33. The van der Waals surface area contributed by atoms with Crippen LogP contribution in [0.5, 0.6) is 0 Å². The van der Waals surface area contributed by atoms with Gasteiger partial charge in [-0.15, -0.1) is 0 Å². The van der Waals surface area contributed by atoms with Crippen LogP contribution in [0.1, 0.15) is 42.5 Å². The highest BCUT2D eigenvalue weighted by Crippen LogP contribution is 2.32. The molecule has 0 aromatic heterocycles. The molecule has 29 heavy (non-hydrogen) atoms. The monoisotopic (exact) mass is 420 g/mol. The lowest BCUT2D eigenvalue weighted by Crippen LogP contribution is -2.44. The number of rotatable bonds is 6. The van der Waals surface area contributed by atoms with E-state index in [2.05, 4.69) is 0 Å². The summed E-state index contributed by atoms with van der Waals surface area (Å²) in [5, 5.41) is 0. The second-order valence-corrected chi connectivity index (χ2v) is 10.1. The summed E-state index contributed by atoms with van der Waals surface area (Å²) in [4.78, 5) is 40.6. The Bertz CT molecular complexity index is 940. The zero-order valence-electron chi connectivity index (χ0n) is 16.1. The minimum absolute atomic E-state index is 0.0247. The predicted molar refractivity (Wildman–Crippen MR) is 105 cm³/mol. The van der Waals surface area contributed by atoms with Crippen molar-refractivity contribution in [3.05, 3.63) is 29.8 Å². The molecule has 3 aliphatic rings. The summed E-state index contributed by atoms with van der Waals surface area (Å²) in [6.07, 6.45) is 3.30. The van der Waals surface area contributed by atoms with Crippen LogP contribution >= 0.6 is 0 Å². The Balaban J connectivity index is 1.43. The first-order valence-corrected chi connectivity index (χ1v) is 11.8. The van der Waals surface area contributed by atoms with Gasteiger partial charge in [0.25, 0.3) is 5.91 Å². The molecule has 1 aliphatic carbocycles. The Morgan fingerprint density at radius 3 is 2.52 bits per heavy atom. The van der Waals surface area contributed by atoms with E-state index in [1.807, 2.05) is 0 Å². The third-order valence-corrected chi connectivity index (χ3v) is 7.40. The molecule has 2 aliphatic heterocycles. The topological polar surface area (TPSA) is 101 Å². The van der Waals surface area contributed by atoms with Gasteiger partial charge in [0.1, 0.15) is 0 Å². The van der Waals surface area contributed by atoms with Gasteiger partial charge in [0.15, 0.2) is 16.4 Å². The highest BCUT2D eigenvalue weighted by atomic mass is 32.2. The van der Waals surface area contributed by atoms with E-state index in [-0.39, 0.29) is 41.0 Å². The molecule has 0 unspecified atom stereocenters. The van der Waals surface area contributed by atoms with E-state index in [9.17, 15) is 22.8 Å². The molecular formula is C20H24N2O6S. The van der Waals surface area contributed by atoms with E-state index < -0.39 is 22.4 Å². The van der Waals surface area contributed by atoms with Crippen molar-refractivity contribution in [2.45, 2.75) is 44.2 Å². The zero-order chi connectivity index (χ0) is 20.6. The van der Waals surface area contributed by atoms with Crippen molar-refractivity contribution in [2.24, 2.45) is 0 Å². The minimum Gasteiger partial charge on any atom is -0.452 e. The van der Waals surface area contributed by atoms with Gasteiger partial charge in [-0.2, -0.15) is 0 Å². The van der Waals surface area contributed by atoms with Gasteiger partial charge in [-0.3, -0.25) is 9.59 Å². The summed E-state index contributed by atoms with van der Waals surface area (Å²) in [6, 6.07) is 6.40. The number of nitrogens with zero attached hydrogens (tertiary/aromatic N) is 2. The van der Waals surface area contributed by atoms with Crippen LogP contribution in [0.3, 0.4) is 0 Å². The first-order chi connectivity index (χ1) is 13.9. The summed E-state index contributed by atoms with van der Waals surface area (Å²) in [5.41, 5.74) is 0.741. The number of para-hydroxylation sites is 1. The SMILES string of the molecule is O=C(OCC(=O)N(C1CC1)[C@H]1CCS(=O)(=O)C1)c1ccccc1N1CCCC1=O. The fourth-order valence-electron chi connectivity index (χ4n) is 4.12. The summed E-state index contributed by atoms with van der Waals surface area (Å²) in [6.45, 7) is 0.113.